The average molecular weight is 279 g/mol. The number of fused-ring (bicyclic) bond motifs is 1. The molecule has 0 saturated heterocycles. The molecule has 19 heavy (non-hydrogen) atoms. The molecule has 0 fully saturated rings. The Morgan fingerprint density at radius 3 is 2.84 bits per heavy atom. The Bertz CT molecular complexity index is 607. The van der Waals surface area contributed by atoms with E-state index in [1.165, 1.54) is 18.4 Å². The van der Waals surface area contributed by atoms with Crippen molar-refractivity contribution in [1.29, 1.82) is 0 Å². The largest absolute Gasteiger partial charge is 0.480 e. The number of hydrogen-bond acceptors (Lipinski definition) is 4. The van der Waals surface area contributed by atoms with Gasteiger partial charge in [-0.25, -0.2) is 4.79 Å². The average Bonchev–Trinajstić information content (AvgIpc) is 2.81. The molecule has 6 heteroatoms. The molecule has 2 aromatic rings. The molecule has 0 aliphatic heterocycles. The molecule has 1 aromatic heterocycles. The Hall–Kier alpha value is -1.92. The van der Waals surface area contributed by atoms with Gasteiger partial charge in [-0.05, 0) is 6.07 Å². The molecule has 1 unspecified atom stereocenters. The minimum Gasteiger partial charge on any atom is -0.480 e. The third-order valence-electron chi connectivity index (χ3n) is 2.66. The number of hydrogen-bond donors (Lipinski definition) is 2. The summed E-state index contributed by atoms with van der Waals surface area (Å²) in [5, 5.41) is 14.0. The number of carboxylic acid groups (broad SMARTS) is 1. The molecule has 1 aromatic carbocycles. The Labute approximate surface area is 113 Å². The van der Waals surface area contributed by atoms with E-state index in [2.05, 4.69) is 5.32 Å². The monoisotopic (exact) mass is 279 g/mol. The molecule has 1 atom stereocenters. The highest BCUT2D eigenvalue weighted by Crippen LogP contribution is 2.25. The van der Waals surface area contributed by atoms with Crippen molar-refractivity contribution in [1.82, 2.24) is 5.32 Å². The van der Waals surface area contributed by atoms with Crippen LogP contribution in [0.1, 0.15) is 10.4 Å². The van der Waals surface area contributed by atoms with Crippen molar-refractivity contribution >= 4 is 33.3 Å². The zero-order valence-electron chi connectivity index (χ0n) is 10.3. The van der Waals surface area contributed by atoms with Gasteiger partial charge in [-0.2, -0.15) is 0 Å². The van der Waals surface area contributed by atoms with Gasteiger partial charge < -0.3 is 15.2 Å². The van der Waals surface area contributed by atoms with Gasteiger partial charge in [0, 0.05) is 22.6 Å². The van der Waals surface area contributed by atoms with E-state index in [0.717, 1.165) is 10.1 Å². The number of aliphatic carboxylic acids is 1. The van der Waals surface area contributed by atoms with E-state index in [9.17, 15) is 9.59 Å². The third-order valence-corrected chi connectivity index (χ3v) is 3.63. The molecular weight excluding hydrogens is 266 g/mol. The summed E-state index contributed by atoms with van der Waals surface area (Å²) in [5.74, 6) is -1.52. The van der Waals surface area contributed by atoms with Gasteiger partial charge in [0.2, 0.25) is 0 Å². The van der Waals surface area contributed by atoms with Gasteiger partial charge in [0.15, 0.2) is 6.04 Å². The SMILES string of the molecule is COCC(NC(=O)c1csc2ccccc12)C(=O)O. The van der Waals surface area contributed by atoms with E-state index >= 15 is 0 Å². The molecule has 0 bridgehead atoms. The molecule has 0 spiro atoms. The molecule has 0 saturated carbocycles. The first kappa shape index (κ1) is 13.5. The first-order chi connectivity index (χ1) is 9.13. The molecular formula is C13H13NO4S. The predicted molar refractivity (Wildman–Crippen MR) is 72.6 cm³/mol. The quantitative estimate of drug-likeness (QED) is 0.874. The minimum absolute atomic E-state index is 0.0663. The lowest BCUT2D eigenvalue weighted by molar-refractivity contribution is -0.140. The van der Waals surface area contributed by atoms with Crippen molar-refractivity contribution in [3.63, 3.8) is 0 Å². The number of thiophene rings is 1. The van der Waals surface area contributed by atoms with Crippen molar-refractivity contribution in [3.05, 3.63) is 35.2 Å². The normalized spacial score (nSPS) is 12.3. The zero-order chi connectivity index (χ0) is 13.8. The summed E-state index contributed by atoms with van der Waals surface area (Å²) in [7, 11) is 1.39. The molecule has 0 radical (unpaired) electrons. The zero-order valence-corrected chi connectivity index (χ0v) is 11.1. The molecule has 5 nitrogen and oxygen atoms in total. The summed E-state index contributed by atoms with van der Waals surface area (Å²) in [4.78, 5) is 23.1. The molecule has 0 aliphatic carbocycles. The van der Waals surface area contributed by atoms with Crippen LogP contribution in [0.4, 0.5) is 0 Å². The first-order valence-electron chi connectivity index (χ1n) is 5.62. The smallest absolute Gasteiger partial charge is 0.328 e. The fourth-order valence-corrected chi connectivity index (χ4v) is 2.67. The highest BCUT2D eigenvalue weighted by Gasteiger charge is 2.21. The van der Waals surface area contributed by atoms with Gasteiger partial charge >= 0.3 is 5.97 Å². The summed E-state index contributed by atoms with van der Waals surface area (Å²) >= 11 is 1.45. The summed E-state index contributed by atoms with van der Waals surface area (Å²) in [6.45, 7) is -0.0663. The van der Waals surface area contributed by atoms with Gasteiger partial charge in [0.1, 0.15) is 0 Å². The number of nitrogens with one attached hydrogen (secondary N) is 1. The van der Waals surface area contributed by atoms with E-state index in [1.54, 1.807) is 5.38 Å². The van der Waals surface area contributed by atoms with Crippen molar-refractivity contribution in [2.45, 2.75) is 6.04 Å². The summed E-state index contributed by atoms with van der Waals surface area (Å²) in [6, 6.07) is 6.45. The second kappa shape index (κ2) is 5.81. The van der Waals surface area contributed by atoms with Crippen LogP contribution in [0.25, 0.3) is 10.1 Å². The van der Waals surface area contributed by atoms with Gasteiger partial charge in [-0.1, -0.05) is 18.2 Å². The van der Waals surface area contributed by atoms with Crippen molar-refractivity contribution in [2.75, 3.05) is 13.7 Å². The predicted octanol–water partition coefficient (Wildman–Crippen LogP) is 1.73. The minimum atomic E-state index is -1.12. The number of rotatable bonds is 5. The first-order valence-corrected chi connectivity index (χ1v) is 6.50. The van der Waals surface area contributed by atoms with Crippen LogP contribution in [0, 0.1) is 0 Å². The third kappa shape index (κ3) is 2.91. The number of ether oxygens (including phenoxy) is 1. The Morgan fingerprint density at radius 1 is 1.42 bits per heavy atom. The van der Waals surface area contributed by atoms with Gasteiger partial charge in [0.05, 0.1) is 12.2 Å². The van der Waals surface area contributed by atoms with E-state index in [4.69, 9.17) is 9.84 Å². The van der Waals surface area contributed by atoms with Crippen LogP contribution in [0.3, 0.4) is 0 Å². The van der Waals surface area contributed by atoms with E-state index in [0.29, 0.717) is 5.56 Å². The maximum Gasteiger partial charge on any atom is 0.328 e. The van der Waals surface area contributed by atoms with Crippen LogP contribution in [-0.4, -0.2) is 36.7 Å². The lowest BCUT2D eigenvalue weighted by atomic mass is 10.1. The maximum absolute atomic E-state index is 12.1. The van der Waals surface area contributed by atoms with Crippen LogP contribution in [0.5, 0.6) is 0 Å². The molecule has 2 N–H and O–H groups in total. The standard InChI is InChI=1S/C13H13NO4S/c1-18-6-10(13(16)17)14-12(15)9-7-19-11-5-3-2-4-8(9)11/h2-5,7,10H,6H2,1H3,(H,14,15)(H,16,17). The fraction of sp³-hybridized carbons (Fsp3) is 0.231. The highest BCUT2D eigenvalue weighted by atomic mass is 32.1. The van der Waals surface area contributed by atoms with Crippen molar-refractivity contribution in [3.8, 4) is 0 Å². The van der Waals surface area contributed by atoms with Crippen LogP contribution < -0.4 is 5.32 Å². The van der Waals surface area contributed by atoms with E-state index < -0.39 is 17.9 Å². The van der Waals surface area contributed by atoms with Gasteiger partial charge in [-0.3, -0.25) is 4.79 Å². The number of amides is 1. The maximum atomic E-state index is 12.1. The molecule has 2 rings (SSSR count). The molecule has 1 amide bonds. The molecule has 0 aliphatic rings. The number of carboxylic acids is 1. The van der Waals surface area contributed by atoms with Crippen LogP contribution in [0.15, 0.2) is 29.6 Å². The lowest BCUT2D eigenvalue weighted by Gasteiger charge is -2.12. The number of carbonyl (C=O) groups excluding carboxylic acids is 1. The summed E-state index contributed by atoms with van der Waals surface area (Å²) in [5.41, 5.74) is 0.489. The molecule has 1 heterocycles. The Balaban J connectivity index is 2.22. The summed E-state index contributed by atoms with van der Waals surface area (Å²) in [6.07, 6.45) is 0. The second-order valence-corrected chi connectivity index (χ2v) is 4.88. The van der Waals surface area contributed by atoms with Crippen molar-refractivity contribution in [2.24, 2.45) is 0 Å². The fourth-order valence-electron chi connectivity index (χ4n) is 1.73. The molecule has 100 valence electrons. The number of methoxy groups -OCH3 is 1. The lowest BCUT2D eigenvalue weighted by Crippen LogP contribution is -2.43. The van der Waals surface area contributed by atoms with Crippen LogP contribution in [0.2, 0.25) is 0 Å². The van der Waals surface area contributed by atoms with Crippen LogP contribution >= 0.6 is 11.3 Å². The topological polar surface area (TPSA) is 75.6 Å². The Kier molecular flexibility index (Phi) is 4.13. The number of benzene rings is 1. The van der Waals surface area contributed by atoms with Gasteiger partial charge in [0.25, 0.3) is 5.91 Å². The summed E-state index contributed by atoms with van der Waals surface area (Å²) < 4.78 is 5.77. The Morgan fingerprint density at radius 2 is 2.16 bits per heavy atom. The highest BCUT2D eigenvalue weighted by molar-refractivity contribution is 7.17. The van der Waals surface area contributed by atoms with Crippen LogP contribution in [-0.2, 0) is 9.53 Å². The van der Waals surface area contributed by atoms with E-state index in [-0.39, 0.29) is 6.61 Å². The van der Waals surface area contributed by atoms with Crippen molar-refractivity contribution < 1.29 is 19.4 Å². The van der Waals surface area contributed by atoms with E-state index in [1.807, 2.05) is 24.3 Å². The van der Waals surface area contributed by atoms with Gasteiger partial charge in [-0.15, -0.1) is 11.3 Å². The number of carbonyl (C=O) groups is 2. The second-order valence-electron chi connectivity index (χ2n) is 3.97.